The van der Waals surface area contributed by atoms with Crippen LogP contribution in [0, 0.1) is 17.6 Å². The average Bonchev–Trinajstić information content (AvgIpc) is 3.81. The first kappa shape index (κ1) is 30.6. The number of carbonyl (C=O) groups is 1. The van der Waals surface area contributed by atoms with Crippen LogP contribution in [0.2, 0.25) is 0 Å². The van der Waals surface area contributed by atoms with Crippen molar-refractivity contribution in [1.29, 1.82) is 0 Å². The summed E-state index contributed by atoms with van der Waals surface area (Å²) in [7, 11) is -4.38. The summed E-state index contributed by atoms with van der Waals surface area (Å²) in [5.41, 5.74) is -0.299. The summed E-state index contributed by atoms with van der Waals surface area (Å²) in [6.07, 6.45) is 3.57. The van der Waals surface area contributed by atoms with Gasteiger partial charge in [0.2, 0.25) is 5.82 Å². The Bertz CT molecular complexity index is 1510. The molecule has 1 atom stereocenters. The van der Waals surface area contributed by atoms with Crippen LogP contribution in [0.25, 0.3) is 0 Å². The van der Waals surface area contributed by atoms with Crippen LogP contribution in [-0.4, -0.2) is 58.3 Å². The lowest BCUT2D eigenvalue weighted by Crippen LogP contribution is -2.47. The first-order valence-corrected chi connectivity index (χ1v) is 15.6. The second-order valence-corrected chi connectivity index (χ2v) is 12.1. The number of sulfonamides is 1. The highest BCUT2D eigenvalue weighted by Crippen LogP contribution is 2.31. The molecule has 5 rings (SSSR count). The summed E-state index contributed by atoms with van der Waals surface area (Å²) in [6.45, 7) is 4.71. The molecular formula is C30H33F2N3O7S. The predicted octanol–water partition coefficient (Wildman–Crippen LogP) is 4.16. The molecule has 2 aromatic carbocycles. The molecule has 1 amide bonds. The maximum absolute atomic E-state index is 15.0. The molecule has 230 valence electrons. The monoisotopic (exact) mass is 617 g/mol. The molecule has 0 spiro atoms. The molecule has 43 heavy (non-hydrogen) atoms. The molecule has 0 unspecified atom stereocenters. The Balaban J connectivity index is 1.18. The van der Waals surface area contributed by atoms with Gasteiger partial charge in [0.05, 0.1) is 48.2 Å². The normalized spacial score (nSPS) is 15.8. The summed E-state index contributed by atoms with van der Waals surface area (Å²) >= 11 is 0. The van der Waals surface area contributed by atoms with E-state index in [1.807, 2.05) is 0 Å². The van der Waals surface area contributed by atoms with E-state index in [2.05, 4.69) is 10.3 Å². The van der Waals surface area contributed by atoms with E-state index in [0.717, 1.165) is 25.0 Å². The molecule has 13 heteroatoms. The zero-order chi connectivity index (χ0) is 30.4. The van der Waals surface area contributed by atoms with Crippen LogP contribution in [0.3, 0.4) is 0 Å². The van der Waals surface area contributed by atoms with Crippen LogP contribution in [-0.2, 0) is 14.8 Å². The van der Waals surface area contributed by atoms with E-state index >= 15 is 0 Å². The Kier molecular flexibility index (Phi) is 9.73. The number of hydrogen-bond acceptors (Lipinski definition) is 9. The van der Waals surface area contributed by atoms with Crippen LogP contribution in [0.1, 0.15) is 48.3 Å². The van der Waals surface area contributed by atoms with Gasteiger partial charge in [-0.25, -0.2) is 17.5 Å². The van der Waals surface area contributed by atoms with Crippen LogP contribution >= 0.6 is 0 Å². The molecule has 1 aromatic heterocycles. The van der Waals surface area contributed by atoms with Crippen molar-refractivity contribution in [2.24, 2.45) is 5.92 Å². The van der Waals surface area contributed by atoms with Gasteiger partial charge in [0, 0.05) is 6.54 Å². The van der Waals surface area contributed by atoms with Crippen molar-refractivity contribution in [1.82, 2.24) is 15.0 Å². The molecule has 2 fully saturated rings. The van der Waals surface area contributed by atoms with Gasteiger partial charge in [0.1, 0.15) is 24.2 Å². The first-order valence-electron chi connectivity index (χ1n) is 14.1. The summed E-state index contributed by atoms with van der Waals surface area (Å²) in [6, 6.07) is 11.2. The standard InChI is InChI=1S/C30H33F2N3O7S/c1-2-26(25-11-7-22(15-34-25)41-16-19-3-4-19)42-27-12-10-24(28(31)29(27)32)30(36)35-43(37,38)23-8-5-21(6-9-23)40-14-13-33-20-17-39-18-20/h5-12,15,19-20,26,33H,2-4,13-14,16-18H2,1H3,(H,35,36)/t26-/m1/s1. The van der Waals surface area contributed by atoms with Crippen molar-refractivity contribution < 1.29 is 40.9 Å². The predicted molar refractivity (Wildman–Crippen MR) is 152 cm³/mol. The van der Waals surface area contributed by atoms with Crippen molar-refractivity contribution in [2.45, 2.75) is 43.2 Å². The summed E-state index contributed by atoms with van der Waals surface area (Å²) in [5, 5.41) is 3.24. The third kappa shape index (κ3) is 7.98. The molecule has 1 aliphatic carbocycles. The third-order valence-electron chi connectivity index (χ3n) is 7.01. The highest BCUT2D eigenvalue weighted by Gasteiger charge is 2.26. The fraction of sp³-hybridized carbons (Fsp3) is 0.400. The maximum Gasteiger partial charge on any atom is 0.268 e. The number of carbonyl (C=O) groups excluding carboxylic acids is 1. The van der Waals surface area contributed by atoms with Crippen molar-refractivity contribution in [3.05, 3.63) is 77.6 Å². The number of pyridine rings is 1. The van der Waals surface area contributed by atoms with Crippen LogP contribution in [0.15, 0.2) is 59.6 Å². The molecule has 0 radical (unpaired) electrons. The van der Waals surface area contributed by atoms with Crippen LogP contribution in [0.4, 0.5) is 8.78 Å². The van der Waals surface area contributed by atoms with Gasteiger partial charge in [-0.1, -0.05) is 6.92 Å². The van der Waals surface area contributed by atoms with Gasteiger partial charge < -0.3 is 24.3 Å². The number of hydrogen-bond donors (Lipinski definition) is 2. The smallest absolute Gasteiger partial charge is 0.268 e. The Labute approximate surface area is 248 Å². The number of nitrogens with one attached hydrogen (secondary N) is 2. The largest absolute Gasteiger partial charge is 0.492 e. The quantitative estimate of drug-likeness (QED) is 0.242. The molecular weight excluding hydrogens is 584 g/mol. The SMILES string of the molecule is CC[C@@H](Oc1ccc(C(=O)NS(=O)(=O)c2ccc(OCCNC3COC3)cc2)c(F)c1F)c1ccc(OCC2CC2)cn1. The van der Waals surface area contributed by atoms with Gasteiger partial charge in [-0.2, -0.15) is 4.39 Å². The molecule has 0 bridgehead atoms. The van der Waals surface area contributed by atoms with Gasteiger partial charge in [-0.15, -0.1) is 0 Å². The van der Waals surface area contributed by atoms with E-state index in [1.54, 1.807) is 30.0 Å². The Morgan fingerprint density at radius 2 is 1.77 bits per heavy atom. The second-order valence-electron chi connectivity index (χ2n) is 10.4. The zero-order valence-electron chi connectivity index (χ0n) is 23.6. The van der Waals surface area contributed by atoms with E-state index in [0.29, 0.717) is 68.5 Å². The molecule has 1 saturated heterocycles. The van der Waals surface area contributed by atoms with E-state index in [9.17, 15) is 22.0 Å². The minimum atomic E-state index is -4.38. The molecule has 2 aliphatic rings. The molecule has 1 aliphatic heterocycles. The summed E-state index contributed by atoms with van der Waals surface area (Å²) in [4.78, 5) is 16.8. The lowest BCUT2D eigenvalue weighted by atomic mass is 10.1. The van der Waals surface area contributed by atoms with E-state index < -0.39 is 45.0 Å². The zero-order valence-corrected chi connectivity index (χ0v) is 24.4. The number of benzene rings is 2. The highest BCUT2D eigenvalue weighted by molar-refractivity contribution is 7.90. The number of amides is 1. The van der Waals surface area contributed by atoms with Crippen LogP contribution in [0.5, 0.6) is 17.2 Å². The maximum atomic E-state index is 15.0. The van der Waals surface area contributed by atoms with Gasteiger partial charge in [-0.05, 0) is 73.7 Å². The van der Waals surface area contributed by atoms with Crippen LogP contribution < -0.4 is 24.2 Å². The van der Waals surface area contributed by atoms with E-state index in [4.69, 9.17) is 18.9 Å². The minimum absolute atomic E-state index is 0.249. The molecule has 1 saturated carbocycles. The van der Waals surface area contributed by atoms with Crippen molar-refractivity contribution in [3.8, 4) is 17.2 Å². The van der Waals surface area contributed by atoms with Gasteiger partial charge >= 0.3 is 0 Å². The number of halogens is 2. The minimum Gasteiger partial charge on any atom is -0.492 e. The van der Waals surface area contributed by atoms with Gasteiger partial charge in [0.25, 0.3) is 15.9 Å². The van der Waals surface area contributed by atoms with Crippen molar-refractivity contribution in [3.63, 3.8) is 0 Å². The second kappa shape index (κ2) is 13.7. The number of rotatable bonds is 15. The fourth-order valence-corrected chi connectivity index (χ4v) is 5.17. The number of ether oxygens (including phenoxy) is 4. The van der Waals surface area contributed by atoms with Crippen molar-refractivity contribution >= 4 is 15.9 Å². The molecule has 3 aromatic rings. The molecule has 10 nitrogen and oxygen atoms in total. The fourth-order valence-electron chi connectivity index (χ4n) is 4.21. The highest BCUT2D eigenvalue weighted by atomic mass is 32.2. The Morgan fingerprint density at radius 1 is 1.02 bits per heavy atom. The lowest BCUT2D eigenvalue weighted by molar-refractivity contribution is -0.00595. The number of nitrogens with zero attached hydrogens (tertiary/aromatic N) is 1. The van der Waals surface area contributed by atoms with Gasteiger partial charge in [0.15, 0.2) is 11.6 Å². The van der Waals surface area contributed by atoms with E-state index in [1.165, 1.54) is 24.3 Å². The number of aromatic nitrogens is 1. The molecule has 2 heterocycles. The van der Waals surface area contributed by atoms with E-state index in [-0.39, 0.29) is 4.90 Å². The van der Waals surface area contributed by atoms with Crippen molar-refractivity contribution in [2.75, 3.05) is 33.0 Å². The lowest BCUT2D eigenvalue weighted by Gasteiger charge is -2.26. The first-order chi connectivity index (χ1) is 20.7. The molecule has 2 N–H and O–H groups in total. The Morgan fingerprint density at radius 3 is 2.40 bits per heavy atom. The van der Waals surface area contributed by atoms with Gasteiger partial charge in [-0.3, -0.25) is 9.78 Å². The summed E-state index contributed by atoms with van der Waals surface area (Å²) < 4.78 is 79.3. The average molecular weight is 618 g/mol. The summed E-state index contributed by atoms with van der Waals surface area (Å²) in [5.74, 6) is -3.10. The third-order valence-corrected chi connectivity index (χ3v) is 8.35. The topological polar surface area (TPSA) is 125 Å². The Hall–Kier alpha value is -3.81.